The minimum absolute atomic E-state index is 0. The fraction of sp³-hybridized carbons (Fsp3) is 0.417. The molecule has 0 aliphatic carbocycles. The molecule has 3 amide bonds. The summed E-state index contributed by atoms with van der Waals surface area (Å²) in [6.07, 6.45) is 1.04. The summed E-state index contributed by atoms with van der Waals surface area (Å²) in [5.74, 6) is -2.48. The molecule has 2 fully saturated rings. The van der Waals surface area contributed by atoms with Gasteiger partial charge >= 0.3 is 0 Å². The van der Waals surface area contributed by atoms with Crippen LogP contribution in [0.2, 0.25) is 0 Å². The summed E-state index contributed by atoms with van der Waals surface area (Å²) in [5, 5.41) is 23.6. The number of hydrogen-bond donors (Lipinski definition) is 5. The Morgan fingerprint density at radius 3 is 2.58 bits per heavy atom. The smallest absolute Gasteiger partial charge is 0.267 e. The molecule has 0 bridgehead atoms. The Hall–Kier alpha value is -3.42. The van der Waals surface area contributed by atoms with Crippen molar-refractivity contribution in [3.05, 3.63) is 42.5 Å². The highest BCUT2D eigenvalue weighted by Gasteiger charge is 2.47. The summed E-state index contributed by atoms with van der Waals surface area (Å²) in [6, 6.07) is 8.35. The second kappa shape index (κ2) is 12.0. The standard InChI is InChI=1S/C24H30N6O6S.ClH/c25-24(26)29-9-3-4-15(13-29)12-27-21(32)11-20-22(33)28-19(14-31)23(34)30(20)37(35,36)18-8-7-16-5-1-2-6-17(16)10-18;/h1-2,5-8,10,15,19-20,31H,3-4,9,11-14H2,(H3,25,26)(H,27,32)(H,28,33);1H/t15-,19-,20-;/m0./s1. The van der Waals surface area contributed by atoms with E-state index in [-0.39, 0.29) is 35.7 Å². The van der Waals surface area contributed by atoms with Gasteiger partial charge in [0.15, 0.2) is 5.96 Å². The van der Waals surface area contributed by atoms with E-state index in [0.29, 0.717) is 22.8 Å². The molecule has 12 nitrogen and oxygen atoms in total. The third kappa shape index (κ3) is 6.00. The van der Waals surface area contributed by atoms with Gasteiger partial charge in [-0.05, 0) is 41.7 Å². The topological polar surface area (TPSA) is 186 Å². The molecule has 4 rings (SSSR count). The highest BCUT2D eigenvalue weighted by molar-refractivity contribution is 7.89. The molecule has 0 unspecified atom stereocenters. The summed E-state index contributed by atoms with van der Waals surface area (Å²) in [4.78, 5) is 40.3. The zero-order valence-corrected chi connectivity index (χ0v) is 22.1. The van der Waals surface area contributed by atoms with Gasteiger partial charge in [-0.2, -0.15) is 0 Å². The molecule has 2 aromatic rings. The largest absolute Gasteiger partial charge is 0.394 e. The fourth-order valence-electron chi connectivity index (χ4n) is 4.73. The number of amides is 3. The van der Waals surface area contributed by atoms with Crippen LogP contribution in [0.1, 0.15) is 19.3 Å². The third-order valence-corrected chi connectivity index (χ3v) is 8.51. The summed E-state index contributed by atoms with van der Waals surface area (Å²) in [5.41, 5.74) is 5.56. The Bertz CT molecular complexity index is 1340. The SMILES string of the molecule is Cl.N=C(N)N1CCC[C@@H](CNC(=O)C[C@H]2C(=O)N[C@@H](CO)C(=O)N2S(=O)(=O)c2ccc3ccccc3c2)C1. The Kier molecular flexibility index (Phi) is 9.18. The number of piperidine rings is 1. The molecule has 206 valence electrons. The molecular weight excluding hydrogens is 536 g/mol. The van der Waals surface area contributed by atoms with Crippen LogP contribution in [-0.4, -0.2) is 84.7 Å². The molecule has 0 aromatic heterocycles. The van der Waals surface area contributed by atoms with Crippen LogP contribution < -0.4 is 16.4 Å². The van der Waals surface area contributed by atoms with Gasteiger partial charge in [-0.25, -0.2) is 12.7 Å². The van der Waals surface area contributed by atoms with Crippen molar-refractivity contribution >= 4 is 56.9 Å². The third-order valence-electron chi connectivity index (χ3n) is 6.70. The summed E-state index contributed by atoms with van der Waals surface area (Å²) < 4.78 is 27.7. The normalized spacial score (nSPS) is 22.0. The van der Waals surface area contributed by atoms with Crippen LogP contribution in [0.5, 0.6) is 0 Å². The lowest BCUT2D eigenvalue weighted by Crippen LogP contribution is -2.66. The van der Waals surface area contributed by atoms with Gasteiger partial charge in [0.2, 0.25) is 11.8 Å². The highest BCUT2D eigenvalue weighted by atomic mass is 35.5. The number of rotatable bonds is 7. The molecule has 14 heteroatoms. The molecule has 6 N–H and O–H groups in total. The Labute approximate surface area is 226 Å². The molecule has 38 heavy (non-hydrogen) atoms. The number of nitrogens with one attached hydrogen (secondary N) is 3. The van der Waals surface area contributed by atoms with E-state index >= 15 is 0 Å². The maximum Gasteiger partial charge on any atom is 0.267 e. The number of piperazine rings is 1. The molecular formula is C24H31ClN6O6S. The van der Waals surface area contributed by atoms with Crippen molar-refractivity contribution in [1.29, 1.82) is 5.41 Å². The Morgan fingerprint density at radius 2 is 1.89 bits per heavy atom. The number of sulfonamides is 1. The molecule has 2 aliphatic heterocycles. The molecule has 2 heterocycles. The van der Waals surface area contributed by atoms with Gasteiger partial charge in [0.05, 0.1) is 17.9 Å². The first-order valence-electron chi connectivity index (χ1n) is 12.0. The maximum atomic E-state index is 13.6. The van der Waals surface area contributed by atoms with Crippen LogP contribution in [0, 0.1) is 11.3 Å². The molecule has 0 saturated carbocycles. The van der Waals surface area contributed by atoms with Crippen molar-refractivity contribution in [3.63, 3.8) is 0 Å². The van der Waals surface area contributed by atoms with Gasteiger partial charge in [0, 0.05) is 19.6 Å². The number of likely N-dealkylation sites (tertiary alicyclic amines) is 1. The first-order valence-corrected chi connectivity index (χ1v) is 13.4. The average molecular weight is 567 g/mol. The van der Waals surface area contributed by atoms with E-state index in [2.05, 4.69) is 10.6 Å². The average Bonchev–Trinajstić information content (AvgIpc) is 2.89. The zero-order valence-electron chi connectivity index (χ0n) is 20.5. The van der Waals surface area contributed by atoms with Crippen LogP contribution in [0.25, 0.3) is 10.8 Å². The molecule has 2 aromatic carbocycles. The van der Waals surface area contributed by atoms with Gasteiger partial charge in [-0.15, -0.1) is 12.4 Å². The van der Waals surface area contributed by atoms with Crippen molar-refractivity contribution in [1.82, 2.24) is 19.8 Å². The number of aliphatic hydroxyl groups excluding tert-OH is 1. The summed E-state index contributed by atoms with van der Waals surface area (Å²) in [7, 11) is -4.54. The van der Waals surface area contributed by atoms with Crippen LogP contribution in [0.4, 0.5) is 0 Å². The molecule has 2 aliphatic rings. The first-order chi connectivity index (χ1) is 17.6. The molecule has 3 atom stereocenters. The van der Waals surface area contributed by atoms with E-state index in [1.807, 2.05) is 6.07 Å². The lowest BCUT2D eigenvalue weighted by atomic mass is 9.98. The van der Waals surface area contributed by atoms with E-state index < -0.39 is 52.9 Å². The molecule has 2 saturated heterocycles. The van der Waals surface area contributed by atoms with Crippen LogP contribution in [-0.2, 0) is 24.4 Å². The number of guanidine groups is 1. The minimum Gasteiger partial charge on any atom is -0.394 e. The van der Waals surface area contributed by atoms with Gasteiger partial charge in [0.1, 0.15) is 12.1 Å². The minimum atomic E-state index is -4.54. The number of carbonyl (C=O) groups excluding carboxylic acids is 3. The number of halogens is 1. The zero-order chi connectivity index (χ0) is 26.7. The predicted octanol–water partition coefficient (Wildman–Crippen LogP) is -0.250. The van der Waals surface area contributed by atoms with Crippen LogP contribution in [0.15, 0.2) is 47.4 Å². The number of nitrogens with zero attached hydrogens (tertiary/aromatic N) is 2. The fourth-order valence-corrected chi connectivity index (χ4v) is 6.34. The second-order valence-electron chi connectivity index (χ2n) is 9.26. The van der Waals surface area contributed by atoms with Crippen LogP contribution >= 0.6 is 12.4 Å². The van der Waals surface area contributed by atoms with Gasteiger partial charge < -0.3 is 26.4 Å². The van der Waals surface area contributed by atoms with E-state index in [1.165, 1.54) is 12.1 Å². The van der Waals surface area contributed by atoms with E-state index in [4.69, 9.17) is 11.1 Å². The molecule has 0 spiro atoms. The van der Waals surface area contributed by atoms with Crippen molar-refractivity contribution in [3.8, 4) is 0 Å². The lowest BCUT2D eigenvalue weighted by Gasteiger charge is -2.37. The number of nitrogens with two attached hydrogens (primary N) is 1. The second-order valence-corrected chi connectivity index (χ2v) is 11.1. The Balaban J connectivity index is 0.00000400. The highest BCUT2D eigenvalue weighted by Crippen LogP contribution is 2.27. The van der Waals surface area contributed by atoms with Gasteiger partial charge in [0.25, 0.3) is 15.9 Å². The van der Waals surface area contributed by atoms with Gasteiger partial charge in [-0.3, -0.25) is 19.8 Å². The predicted molar refractivity (Wildman–Crippen MR) is 142 cm³/mol. The molecule has 0 radical (unpaired) electrons. The summed E-state index contributed by atoms with van der Waals surface area (Å²) in [6.45, 7) is 0.625. The van der Waals surface area contributed by atoms with Gasteiger partial charge in [-0.1, -0.05) is 30.3 Å². The van der Waals surface area contributed by atoms with E-state index in [9.17, 15) is 27.9 Å². The quantitative estimate of drug-likeness (QED) is 0.224. The number of benzene rings is 2. The number of aliphatic hydroxyl groups is 1. The summed E-state index contributed by atoms with van der Waals surface area (Å²) >= 11 is 0. The maximum absolute atomic E-state index is 13.6. The van der Waals surface area contributed by atoms with Crippen LogP contribution in [0.3, 0.4) is 0 Å². The Morgan fingerprint density at radius 1 is 1.18 bits per heavy atom. The van der Waals surface area contributed by atoms with Crippen molar-refractivity contribution in [2.24, 2.45) is 11.7 Å². The number of carbonyl (C=O) groups is 3. The van der Waals surface area contributed by atoms with Crippen molar-refractivity contribution in [2.45, 2.75) is 36.2 Å². The van der Waals surface area contributed by atoms with E-state index in [1.54, 1.807) is 29.2 Å². The number of hydrogen-bond acceptors (Lipinski definition) is 7. The first kappa shape index (κ1) is 29.1. The lowest BCUT2D eigenvalue weighted by molar-refractivity contribution is -0.146. The monoisotopic (exact) mass is 566 g/mol. The number of fused-ring (bicyclic) bond motifs is 1. The van der Waals surface area contributed by atoms with E-state index in [0.717, 1.165) is 18.2 Å². The van der Waals surface area contributed by atoms with Crippen molar-refractivity contribution in [2.75, 3.05) is 26.2 Å². The van der Waals surface area contributed by atoms with Crippen molar-refractivity contribution < 1.29 is 27.9 Å².